The van der Waals surface area contributed by atoms with Gasteiger partial charge in [-0.15, -0.1) is 0 Å². The molecule has 0 saturated heterocycles. The van der Waals surface area contributed by atoms with Crippen molar-refractivity contribution in [2.45, 2.75) is 25.4 Å². The lowest BCUT2D eigenvalue weighted by Crippen LogP contribution is -2.05. The van der Waals surface area contributed by atoms with Gasteiger partial charge in [0, 0.05) is 6.08 Å². The van der Waals surface area contributed by atoms with Crippen LogP contribution >= 0.6 is 0 Å². The molecule has 1 rings (SSSR count). The second kappa shape index (κ2) is 7.53. The number of aryl methyl sites for hydroxylation is 1. The van der Waals surface area contributed by atoms with Crippen LogP contribution in [-0.4, -0.2) is 11.1 Å². The molecule has 0 aliphatic carbocycles. The summed E-state index contributed by atoms with van der Waals surface area (Å²) in [4.78, 5) is 10.2. The molecule has 0 aliphatic heterocycles. The molecule has 0 aromatic heterocycles. The van der Waals surface area contributed by atoms with Crippen molar-refractivity contribution >= 4 is 5.97 Å². The van der Waals surface area contributed by atoms with Crippen LogP contribution in [0.25, 0.3) is 0 Å². The van der Waals surface area contributed by atoms with Crippen LogP contribution in [0, 0.1) is 0 Å². The molecule has 0 aliphatic rings. The van der Waals surface area contributed by atoms with Crippen molar-refractivity contribution in [3.8, 4) is 0 Å². The summed E-state index contributed by atoms with van der Waals surface area (Å²) in [7, 11) is 0. The van der Waals surface area contributed by atoms with Gasteiger partial charge in [0.2, 0.25) is 0 Å². The van der Waals surface area contributed by atoms with Gasteiger partial charge in [-0.2, -0.15) is 13.2 Å². The van der Waals surface area contributed by atoms with Crippen molar-refractivity contribution in [2.75, 3.05) is 0 Å². The van der Waals surface area contributed by atoms with Crippen molar-refractivity contribution in [2.24, 2.45) is 0 Å². The van der Waals surface area contributed by atoms with Crippen LogP contribution in [0.3, 0.4) is 0 Å². The maximum Gasteiger partial charge on any atom is 0.416 e. The molecular formula is C15H15F3O2. The van der Waals surface area contributed by atoms with E-state index in [1.165, 1.54) is 12.1 Å². The Morgan fingerprint density at radius 1 is 1.25 bits per heavy atom. The number of rotatable bonds is 6. The van der Waals surface area contributed by atoms with E-state index in [1.54, 1.807) is 18.2 Å². The third-order valence-electron chi connectivity index (χ3n) is 2.58. The molecule has 0 unspecified atom stereocenters. The van der Waals surface area contributed by atoms with Crippen LogP contribution in [0.5, 0.6) is 0 Å². The molecule has 2 nitrogen and oxygen atoms in total. The number of benzene rings is 1. The van der Waals surface area contributed by atoms with Gasteiger partial charge in [-0.3, -0.25) is 0 Å². The van der Waals surface area contributed by atoms with Crippen LogP contribution in [0.1, 0.15) is 24.0 Å². The summed E-state index contributed by atoms with van der Waals surface area (Å²) in [6.45, 7) is 0. The van der Waals surface area contributed by atoms with Gasteiger partial charge >= 0.3 is 12.1 Å². The van der Waals surface area contributed by atoms with E-state index in [0.717, 1.165) is 18.2 Å². The summed E-state index contributed by atoms with van der Waals surface area (Å²) in [6.07, 6.45) is 3.45. The molecule has 0 saturated carbocycles. The first-order valence-corrected chi connectivity index (χ1v) is 6.12. The fraction of sp³-hybridized carbons (Fsp3) is 0.267. The van der Waals surface area contributed by atoms with Gasteiger partial charge in [0.1, 0.15) is 0 Å². The van der Waals surface area contributed by atoms with Crippen LogP contribution in [0.15, 0.2) is 48.6 Å². The topological polar surface area (TPSA) is 37.3 Å². The second-order valence-corrected chi connectivity index (χ2v) is 4.22. The summed E-state index contributed by atoms with van der Waals surface area (Å²) in [5.41, 5.74) is 0.0178. The Bertz CT molecular complexity index is 502. The fourth-order valence-electron chi connectivity index (χ4n) is 1.64. The van der Waals surface area contributed by atoms with Gasteiger partial charge in [0.25, 0.3) is 0 Å². The van der Waals surface area contributed by atoms with Crippen LogP contribution < -0.4 is 0 Å². The number of hydrogen-bond acceptors (Lipinski definition) is 1. The smallest absolute Gasteiger partial charge is 0.416 e. The Morgan fingerprint density at radius 3 is 2.65 bits per heavy atom. The largest absolute Gasteiger partial charge is 0.478 e. The van der Waals surface area contributed by atoms with Crippen LogP contribution in [-0.2, 0) is 17.4 Å². The van der Waals surface area contributed by atoms with E-state index in [9.17, 15) is 18.0 Å². The first-order chi connectivity index (χ1) is 9.39. The van der Waals surface area contributed by atoms with Crippen molar-refractivity contribution < 1.29 is 23.1 Å². The molecule has 1 aromatic rings. The number of aliphatic carboxylic acids is 1. The highest BCUT2D eigenvalue weighted by molar-refractivity contribution is 5.80. The zero-order valence-corrected chi connectivity index (χ0v) is 10.7. The van der Waals surface area contributed by atoms with Crippen molar-refractivity contribution in [1.29, 1.82) is 0 Å². The number of allylic oxidation sites excluding steroid dienone is 3. The lowest BCUT2D eigenvalue weighted by atomic mass is 10.0. The molecule has 1 aromatic carbocycles. The number of carbonyl (C=O) groups is 1. The van der Waals surface area contributed by atoms with Crippen molar-refractivity contribution in [3.05, 3.63) is 59.7 Å². The molecule has 0 radical (unpaired) electrons. The maximum absolute atomic E-state index is 12.5. The Hall–Kier alpha value is -2.04. The summed E-state index contributed by atoms with van der Waals surface area (Å²) in [5, 5.41) is 8.34. The number of carboxylic acids is 1. The third-order valence-corrected chi connectivity index (χ3v) is 2.58. The molecule has 0 spiro atoms. The zero-order chi connectivity index (χ0) is 15.0. The van der Waals surface area contributed by atoms with Crippen molar-refractivity contribution in [1.82, 2.24) is 0 Å². The molecule has 0 fully saturated rings. The summed E-state index contributed by atoms with van der Waals surface area (Å²) in [5.74, 6) is -1.02. The highest BCUT2D eigenvalue weighted by Crippen LogP contribution is 2.29. The number of alkyl halides is 3. The van der Waals surface area contributed by atoms with Crippen molar-refractivity contribution in [3.63, 3.8) is 0 Å². The average molecular weight is 284 g/mol. The zero-order valence-electron chi connectivity index (χ0n) is 10.7. The number of hydrogen-bond donors (Lipinski definition) is 1. The average Bonchev–Trinajstić information content (AvgIpc) is 2.36. The van der Waals surface area contributed by atoms with E-state index in [2.05, 4.69) is 0 Å². The molecule has 0 atom stereocenters. The van der Waals surface area contributed by atoms with E-state index in [0.29, 0.717) is 24.8 Å². The molecule has 108 valence electrons. The molecular weight excluding hydrogens is 269 g/mol. The Kier molecular flexibility index (Phi) is 6.03. The lowest BCUT2D eigenvalue weighted by molar-refractivity contribution is -0.137. The predicted molar refractivity (Wildman–Crippen MR) is 70.3 cm³/mol. The fourth-order valence-corrected chi connectivity index (χ4v) is 1.64. The van der Waals surface area contributed by atoms with Gasteiger partial charge in [0.15, 0.2) is 0 Å². The minimum atomic E-state index is -4.31. The van der Waals surface area contributed by atoms with Gasteiger partial charge in [-0.25, -0.2) is 4.79 Å². The normalized spacial score (nSPS) is 12.3. The van der Waals surface area contributed by atoms with E-state index in [-0.39, 0.29) is 0 Å². The van der Waals surface area contributed by atoms with Crippen LogP contribution in [0.2, 0.25) is 0 Å². The SMILES string of the molecule is O=C(O)/C=C/C=C/CCCc1cccc(C(F)(F)F)c1. The molecule has 0 heterocycles. The van der Waals surface area contributed by atoms with Gasteiger partial charge in [-0.1, -0.05) is 36.4 Å². The highest BCUT2D eigenvalue weighted by Gasteiger charge is 2.30. The second-order valence-electron chi connectivity index (χ2n) is 4.22. The van der Waals surface area contributed by atoms with Gasteiger partial charge in [-0.05, 0) is 30.9 Å². The predicted octanol–water partition coefficient (Wildman–Crippen LogP) is 4.23. The monoisotopic (exact) mass is 284 g/mol. The first kappa shape index (κ1) is 16.0. The van der Waals surface area contributed by atoms with E-state index in [4.69, 9.17) is 5.11 Å². The summed E-state index contributed by atoms with van der Waals surface area (Å²) < 4.78 is 37.5. The van der Waals surface area contributed by atoms with E-state index < -0.39 is 17.7 Å². The third kappa shape index (κ3) is 6.22. The molecule has 1 N–H and O–H groups in total. The highest BCUT2D eigenvalue weighted by atomic mass is 19.4. The summed E-state index contributed by atoms with van der Waals surface area (Å²) in [6, 6.07) is 5.29. The Balaban J connectivity index is 2.41. The molecule has 20 heavy (non-hydrogen) atoms. The first-order valence-electron chi connectivity index (χ1n) is 6.12. The van der Waals surface area contributed by atoms with Gasteiger partial charge < -0.3 is 5.11 Å². The number of carboxylic acid groups (broad SMARTS) is 1. The Morgan fingerprint density at radius 2 is 2.00 bits per heavy atom. The quantitative estimate of drug-likeness (QED) is 0.482. The lowest BCUT2D eigenvalue weighted by Gasteiger charge is -2.08. The Labute approximate surface area is 115 Å². The molecule has 5 heteroatoms. The molecule has 0 bridgehead atoms. The van der Waals surface area contributed by atoms with Crippen LogP contribution in [0.4, 0.5) is 13.2 Å². The minimum Gasteiger partial charge on any atom is -0.478 e. The van der Waals surface area contributed by atoms with E-state index in [1.807, 2.05) is 0 Å². The summed E-state index contributed by atoms with van der Waals surface area (Å²) >= 11 is 0. The standard InChI is InChI=1S/C15H15F3O2/c16-15(17,18)13-9-6-8-12(11-13)7-4-2-1-3-5-10-14(19)20/h1,3,5-6,8-11H,2,4,7H2,(H,19,20)/b3-1+,10-5+. The number of unbranched alkanes of at least 4 members (excludes halogenated alkanes) is 1. The molecule has 0 amide bonds. The number of halogens is 3. The van der Waals surface area contributed by atoms with E-state index >= 15 is 0 Å². The maximum atomic E-state index is 12.5. The minimum absolute atomic E-state index is 0.552. The van der Waals surface area contributed by atoms with Gasteiger partial charge in [0.05, 0.1) is 5.56 Å².